The molecule has 10 nitrogen and oxygen atoms in total. The number of hydrogen-bond donors (Lipinski definition) is 2. The Morgan fingerprint density at radius 3 is 2.68 bits per heavy atom. The van der Waals surface area contributed by atoms with Crippen LogP contribution in [-0.2, 0) is 14.3 Å². The van der Waals surface area contributed by atoms with E-state index in [0.29, 0.717) is 26.3 Å². The summed E-state index contributed by atoms with van der Waals surface area (Å²) in [5.74, 6) is -1.55. The van der Waals surface area contributed by atoms with Crippen molar-refractivity contribution in [2.24, 2.45) is 0 Å². The highest BCUT2D eigenvalue weighted by atomic mass is 16.6. The molecule has 0 aliphatic carbocycles. The van der Waals surface area contributed by atoms with Crippen molar-refractivity contribution >= 4 is 23.2 Å². The van der Waals surface area contributed by atoms with Crippen LogP contribution in [0.3, 0.4) is 0 Å². The second-order valence-corrected chi connectivity index (χ2v) is 5.31. The number of amides is 2. The van der Waals surface area contributed by atoms with Crippen LogP contribution in [-0.4, -0.2) is 68.1 Å². The highest BCUT2D eigenvalue weighted by Gasteiger charge is 2.18. The third kappa shape index (κ3) is 5.40. The Kier molecular flexibility index (Phi) is 6.66. The van der Waals surface area contributed by atoms with E-state index in [1.54, 1.807) is 0 Å². The number of non-ortho nitro benzene ring substituents is 1. The molecule has 2 N–H and O–H groups in total. The van der Waals surface area contributed by atoms with Gasteiger partial charge in [0.15, 0.2) is 0 Å². The maximum atomic E-state index is 11.9. The van der Waals surface area contributed by atoms with Gasteiger partial charge < -0.3 is 20.1 Å². The van der Waals surface area contributed by atoms with Crippen molar-refractivity contribution in [2.45, 2.75) is 0 Å². The highest BCUT2D eigenvalue weighted by Crippen LogP contribution is 2.28. The molecule has 0 atom stereocenters. The number of hydrogen-bond acceptors (Lipinski definition) is 7. The number of carbonyl (C=O) groups is 2. The van der Waals surface area contributed by atoms with E-state index in [4.69, 9.17) is 9.47 Å². The smallest absolute Gasteiger partial charge is 0.313 e. The Morgan fingerprint density at radius 1 is 1.32 bits per heavy atom. The van der Waals surface area contributed by atoms with E-state index in [2.05, 4.69) is 15.5 Å². The van der Waals surface area contributed by atoms with E-state index in [0.717, 1.165) is 13.1 Å². The van der Waals surface area contributed by atoms with Gasteiger partial charge in [0.1, 0.15) is 5.75 Å². The van der Waals surface area contributed by atoms with Crippen LogP contribution in [0.25, 0.3) is 0 Å². The van der Waals surface area contributed by atoms with Gasteiger partial charge in [0, 0.05) is 32.2 Å². The molecule has 1 heterocycles. The molecule has 1 aromatic rings. The Bertz CT molecular complexity index is 645. The summed E-state index contributed by atoms with van der Waals surface area (Å²) in [6.07, 6.45) is 0. The van der Waals surface area contributed by atoms with E-state index in [1.807, 2.05) is 0 Å². The van der Waals surface area contributed by atoms with Crippen molar-refractivity contribution in [1.82, 2.24) is 10.2 Å². The summed E-state index contributed by atoms with van der Waals surface area (Å²) in [7, 11) is 1.32. The molecule has 0 saturated carbocycles. The quantitative estimate of drug-likeness (QED) is 0.419. The van der Waals surface area contributed by atoms with Crippen LogP contribution in [0.2, 0.25) is 0 Å². The minimum absolute atomic E-state index is 0.101. The number of methoxy groups -OCH3 is 1. The molecule has 1 aromatic carbocycles. The van der Waals surface area contributed by atoms with Gasteiger partial charge in [-0.3, -0.25) is 24.6 Å². The number of nitro groups is 1. The van der Waals surface area contributed by atoms with Gasteiger partial charge in [0.05, 0.1) is 37.0 Å². The van der Waals surface area contributed by atoms with Crippen molar-refractivity contribution in [3.63, 3.8) is 0 Å². The Morgan fingerprint density at radius 2 is 2.04 bits per heavy atom. The summed E-state index contributed by atoms with van der Waals surface area (Å²) >= 11 is 0. The number of nitrogens with zero attached hydrogens (tertiary/aromatic N) is 2. The van der Waals surface area contributed by atoms with Gasteiger partial charge in [-0.25, -0.2) is 0 Å². The summed E-state index contributed by atoms with van der Waals surface area (Å²) in [6, 6.07) is 3.70. The Labute approximate surface area is 144 Å². The first-order valence-corrected chi connectivity index (χ1v) is 7.73. The topological polar surface area (TPSA) is 123 Å². The number of benzene rings is 1. The average molecular weight is 352 g/mol. The zero-order valence-electron chi connectivity index (χ0n) is 13.8. The van der Waals surface area contributed by atoms with Crippen molar-refractivity contribution in [3.8, 4) is 5.75 Å². The predicted octanol–water partition coefficient (Wildman–Crippen LogP) is -0.00970. The molecule has 0 radical (unpaired) electrons. The Balaban J connectivity index is 1.85. The van der Waals surface area contributed by atoms with Gasteiger partial charge in [-0.05, 0) is 6.07 Å². The van der Waals surface area contributed by atoms with E-state index < -0.39 is 16.7 Å². The second-order valence-electron chi connectivity index (χ2n) is 5.31. The number of nitro benzene ring substituents is 1. The molecule has 1 fully saturated rings. The standard InChI is InChI=1S/C15H20N4O6/c1-24-13-10-11(19(22)23)2-3-12(13)17-15(21)14(20)16-4-5-18-6-8-25-9-7-18/h2-3,10H,4-9H2,1H3,(H,16,20)(H,17,21). The molecule has 136 valence electrons. The minimum atomic E-state index is -0.867. The van der Waals surface area contributed by atoms with Crippen molar-refractivity contribution in [2.75, 3.05) is 51.8 Å². The lowest BCUT2D eigenvalue weighted by atomic mass is 10.2. The van der Waals surface area contributed by atoms with Crippen LogP contribution in [0, 0.1) is 10.1 Å². The first kappa shape index (κ1) is 18.6. The third-order valence-electron chi connectivity index (χ3n) is 3.67. The zero-order valence-corrected chi connectivity index (χ0v) is 13.8. The molecule has 2 rings (SSSR count). The largest absolute Gasteiger partial charge is 0.494 e. The van der Waals surface area contributed by atoms with Crippen molar-refractivity contribution in [1.29, 1.82) is 0 Å². The normalized spacial score (nSPS) is 14.6. The van der Waals surface area contributed by atoms with Crippen LogP contribution >= 0.6 is 0 Å². The lowest BCUT2D eigenvalue weighted by Crippen LogP contribution is -2.43. The van der Waals surface area contributed by atoms with Gasteiger partial charge in [-0.2, -0.15) is 0 Å². The van der Waals surface area contributed by atoms with E-state index in [-0.39, 0.29) is 17.1 Å². The number of rotatable bonds is 6. The number of carbonyl (C=O) groups excluding carboxylic acids is 2. The van der Waals surface area contributed by atoms with Crippen LogP contribution in [0.1, 0.15) is 0 Å². The van der Waals surface area contributed by atoms with Crippen LogP contribution in [0.15, 0.2) is 18.2 Å². The van der Waals surface area contributed by atoms with Gasteiger partial charge in [0.25, 0.3) is 5.69 Å². The van der Waals surface area contributed by atoms with Crippen LogP contribution < -0.4 is 15.4 Å². The number of ether oxygens (including phenoxy) is 2. The molecule has 1 aliphatic heterocycles. The van der Waals surface area contributed by atoms with Gasteiger partial charge >= 0.3 is 11.8 Å². The molecular weight excluding hydrogens is 332 g/mol. The molecule has 0 bridgehead atoms. The SMILES string of the molecule is COc1cc([N+](=O)[O-])ccc1NC(=O)C(=O)NCCN1CCOCC1. The van der Waals surface area contributed by atoms with E-state index >= 15 is 0 Å². The molecule has 1 saturated heterocycles. The van der Waals surface area contributed by atoms with E-state index in [9.17, 15) is 19.7 Å². The molecule has 10 heteroatoms. The first-order chi connectivity index (χ1) is 12.0. The monoisotopic (exact) mass is 352 g/mol. The molecule has 0 unspecified atom stereocenters. The first-order valence-electron chi connectivity index (χ1n) is 7.73. The minimum Gasteiger partial charge on any atom is -0.494 e. The van der Waals surface area contributed by atoms with Gasteiger partial charge in [-0.15, -0.1) is 0 Å². The highest BCUT2D eigenvalue weighted by molar-refractivity contribution is 6.39. The molecular formula is C15H20N4O6. The average Bonchev–Trinajstić information content (AvgIpc) is 2.62. The third-order valence-corrected chi connectivity index (χ3v) is 3.67. The second kappa shape index (κ2) is 8.94. The number of anilines is 1. The van der Waals surface area contributed by atoms with Crippen molar-refractivity contribution < 1.29 is 24.0 Å². The Hall–Kier alpha value is -2.72. The number of nitrogens with one attached hydrogen (secondary N) is 2. The summed E-state index contributed by atoms with van der Waals surface area (Å²) in [4.78, 5) is 36.1. The molecule has 0 aromatic heterocycles. The fourth-order valence-corrected chi connectivity index (χ4v) is 2.31. The maximum absolute atomic E-state index is 11.9. The summed E-state index contributed by atoms with van der Waals surface area (Å²) in [5.41, 5.74) is 0.00578. The number of morpholine rings is 1. The summed E-state index contributed by atoms with van der Waals surface area (Å²) < 4.78 is 10.2. The fourth-order valence-electron chi connectivity index (χ4n) is 2.31. The van der Waals surface area contributed by atoms with E-state index in [1.165, 1.54) is 25.3 Å². The van der Waals surface area contributed by atoms with Crippen LogP contribution in [0.5, 0.6) is 5.75 Å². The summed E-state index contributed by atoms with van der Waals surface area (Å²) in [5, 5.41) is 15.7. The lowest BCUT2D eigenvalue weighted by Gasteiger charge is -2.26. The molecule has 1 aliphatic rings. The molecule has 2 amide bonds. The maximum Gasteiger partial charge on any atom is 0.313 e. The van der Waals surface area contributed by atoms with Crippen molar-refractivity contribution in [3.05, 3.63) is 28.3 Å². The predicted molar refractivity (Wildman–Crippen MR) is 88.5 cm³/mol. The lowest BCUT2D eigenvalue weighted by molar-refractivity contribution is -0.384. The van der Waals surface area contributed by atoms with Crippen LogP contribution in [0.4, 0.5) is 11.4 Å². The van der Waals surface area contributed by atoms with Gasteiger partial charge in [-0.1, -0.05) is 0 Å². The zero-order chi connectivity index (χ0) is 18.2. The molecule has 0 spiro atoms. The fraction of sp³-hybridized carbons (Fsp3) is 0.467. The van der Waals surface area contributed by atoms with Gasteiger partial charge in [0.2, 0.25) is 0 Å². The molecule has 25 heavy (non-hydrogen) atoms. The summed E-state index contributed by atoms with van der Waals surface area (Å²) in [6.45, 7) is 3.87.